The number of rotatable bonds is 8. The summed E-state index contributed by atoms with van der Waals surface area (Å²) in [6.45, 7) is 5.25. The van der Waals surface area contributed by atoms with E-state index in [1.54, 1.807) is 6.92 Å². The number of halogens is 1. The largest absolute Gasteiger partial charge is 0.491 e. The Morgan fingerprint density at radius 2 is 1.86 bits per heavy atom. The van der Waals surface area contributed by atoms with Crippen LogP contribution in [0.1, 0.15) is 25.3 Å². The zero-order valence-corrected chi connectivity index (χ0v) is 16.9. The molecule has 3 rings (SSSR count). The van der Waals surface area contributed by atoms with Crippen LogP contribution in [0, 0.1) is 11.7 Å². The molecule has 0 saturated carbocycles. The number of hydrogen-bond donors (Lipinski definition) is 1. The van der Waals surface area contributed by atoms with Crippen molar-refractivity contribution in [3.63, 3.8) is 0 Å². The van der Waals surface area contributed by atoms with E-state index in [0.717, 1.165) is 38.5 Å². The van der Waals surface area contributed by atoms with E-state index in [-0.39, 0.29) is 16.6 Å². The van der Waals surface area contributed by atoms with Gasteiger partial charge in [0, 0.05) is 13.1 Å². The number of hydrogen-bond acceptors (Lipinski definition) is 4. The van der Waals surface area contributed by atoms with Gasteiger partial charge in [0.15, 0.2) is 11.6 Å². The van der Waals surface area contributed by atoms with Crippen LogP contribution in [0.2, 0.25) is 0 Å². The third-order valence-corrected chi connectivity index (χ3v) is 6.45. The molecule has 152 valence electrons. The first kappa shape index (κ1) is 20.8. The first-order chi connectivity index (χ1) is 13.5. The van der Waals surface area contributed by atoms with Crippen LogP contribution < -0.4 is 9.46 Å². The van der Waals surface area contributed by atoms with Crippen LogP contribution in [-0.2, 0) is 16.6 Å². The second kappa shape index (κ2) is 9.49. The minimum absolute atomic E-state index is 0.0623. The average molecular weight is 407 g/mol. The Hall–Kier alpha value is -1.96. The Kier molecular flexibility index (Phi) is 7.04. The number of sulfonamides is 1. The molecule has 0 unspecified atom stereocenters. The van der Waals surface area contributed by atoms with E-state index in [4.69, 9.17) is 4.74 Å². The summed E-state index contributed by atoms with van der Waals surface area (Å²) in [6, 6.07) is 14.1. The maximum Gasteiger partial charge on any atom is 0.240 e. The van der Waals surface area contributed by atoms with E-state index < -0.39 is 15.8 Å². The van der Waals surface area contributed by atoms with Crippen molar-refractivity contribution in [2.24, 2.45) is 5.92 Å². The Balaban J connectivity index is 1.49. The molecule has 2 aromatic rings. The first-order valence-electron chi connectivity index (χ1n) is 9.66. The second-order valence-electron chi connectivity index (χ2n) is 7.08. The number of benzene rings is 2. The van der Waals surface area contributed by atoms with E-state index in [2.05, 4.69) is 21.8 Å². The predicted octanol–water partition coefficient (Wildman–Crippen LogP) is 3.41. The molecule has 0 aromatic heterocycles. The third kappa shape index (κ3) is 5.53. The van der Waals surface area contributed by atoms with Crippen molar-refractivity contribution in [3.8, 4) is 5.75 Å². The number of nitrogens with one attached hydrogen (secondary N) is 1. The lowest BCUT2D eigenvalue weighted by atomic mass is 9.97. The standard InChI is InChI=1S/C21H27FN2O3S/c1-2-27-21-9-8-19(14-20(21)22)28(25,26)23-15-17-10-12-24(13-11-17)16-18-6-4-3-5-7-18/h3-9,14,17,23H,2,10-13,15-16H2,1H3. The molecule has 0 radical (unpaired) electrons. The second-order valence-corrected chi connectivity index (χ2v) is 8.85. The molecule has 1 aliphatic heterocycles. The van der Waals surface area contributed by atoms with Gasteiger partial charge in [-0.3, -0.25) is 4.90 Å². The van der Waals surface area contributed by atoms with Crippen LogP contribution in [0.25, 0.3) is 0 Å². The normalized spacial score (nSPS) is 16.2. The average Bonchev–Trinajstić information content (AvgIpc) is 2.70. The highest BCUT2D eigenvalue weighted by Gasteiger charge is 2.22. The van der Waals surface area contributed by atoms with Crippen LogP contribution in [0.4, 0.5) is 4.39 Å². The van der Waals surface area contributed by atoms with Crippen LogP contribution >= 0.6 is 0 Å². The Morgan fingerprint density at radius 3 is 2.50 bits per heavy atom. The molecule has 7 heteroatoms. The molecule has 2 aromatic carbocycles. The molecule has 5 nitrogen and oxygen atoms in total. The first-order valence-corrected chi connectivity index (χ1v) is 11.1. The van der Waals surface area contributed by atoms with Gasteiger partial charge >= 0.3 is 0 Å². The third-order valence-electron chi connectivity index (χ3n) is 5.03. The van der Waals surface area contributed by atoms with Gasteiger partial charge in [-0.05, 0) is 62.5 Å². The van der Waals surface area contributed by atoms with Crippen molar-refractivity contribution in [2.45, 2.75) is 31.2 Å². The molecular weight excluding hydrogens is 379 g/mol. The Bertz CT molecular complexity index is 866. The minimum atomic E-state index is -3.74. The van der Waals surface area contributed by atoms with Crippen molar-refractivity contribution >= 4 is 10.0 Å². The highest BCUT2D eigenvalue weighted by atomic mass is 32.2. The zero-order chi connectivity index (χ0) is 20.0. The summed E-state index contributed by atoms with van der Waals surface area (Å²) in [5, 5.41) is 0. The topological polar surface area (TPSA) is 58.6 Å². The van der Waals surface area contributed by atoms with Crippen LogP contribution in [-0.4, -0.2) is 39.6 Å². The molecule has 1 fully saturated rings. The highest BCUT2D eigenvalue weighted by Crippen LogP contribution is 2.22. The lowest BCUT2D eigenvalue weighted by molar-refractivity contribution is 0.178. The smallest absolute Gasteiger partial charge is 0.240 e. The lowest BCUT2D eigenvalue weighted by Crippen LogP contribution is -2.38. The van der Waals surface area contributed by atoms with Gasteiger partial charge in [0.2, 0.25) is 10.0 Å². The van der Waals surface area contributed by atoms with E-state index >= 15 is 0 Å². The summed E-state index contributed by atoms with van der Waals surface area (Å²) in [4.78, 5) is 2.32. The van der Waals surface area contributed by atoms with E-state index in [1.807, 2.05) is 18.2 Å². The molecular formula is C21H27FN2O3S. The quantitative estimate of drug-likeness (QED) is 0.730. The maximum atomic E-state index is 14.0. The van der Waals surface area contributed by atoms with Gasteiger partial charge in [-0.1, -0.05) is 30.3 Å². The van der Waals surface area contributed by atoms with Crippen molar-refractivity contribution in [1.29, 1.82) is 0 Å². The van der Waals surface area contributed by atoms with Crippen molar-refractivity contribution in [3.05, 3.63) is 59.9 Å². The number of nitrogens with zero attached hydrogens (tertiary/aromatic N) is 1. The molecule has 1 aliphatic rings. The fourth-order valence-corrected chi connectivity index (χ4v) is 4.55. The summed E-state index contributed by atoms with van der Waals surface area (Å²) in [5.41, 5.74) is 1.29. The summed E-state index contributed by atoms with van der Waals surface area (Å²) >= 11 is 0. The number of ether oxygens (including phenoxy) is 1. The summed E-state index contributed by atoms with van der Waals surface area (Å²) in [6.07, 6.45) is 1.87. The fraction of sp³-hybridized carbons (Fsp3) is 0.429. The molecule has 1 saturated heterocycles. The number of likely N-dealkylation sites (tertiary alicyclic amines) is 1. The summed E-state index contributed by atoms with van der Waals surface area (Å²) in [7, 11) is -3.74. The fourth-order valence-electron chi connectivity index (χ4n) is 3.42. The molecule has 0 amide bonds. The van der Waals surface area contributed by atoms with Crippen LogP contribution in [0.15, 0.2) is 53.4 Å². The van der Waals surface area contributed by atoms with Crippen molar-refractivity contribution in [1.82, 2.24) is 9.62 Å². The van der Waals surface area contributed by atoms with Crippen LogP contribution in [0.3, 0.4) is 0 Å². The summed E-state index contributed by atoms with van der Waals surface area (Å²) in [5.74, 6) is -0.319. The van der Waals surface area contributed by atoms with Crippen LogP contribution in [0.5, 0.6) is 5.75 Å². The Labute approximate surface area is 166 Å². The molecule has 1 heterocycles. The van der Waals surface area contributed by atoms with Gasteiger partial charge in [0.1, 0.15) is 0 Å². The maximum absolute atomic E-state index is 14.0. The zero-order valence-electron chi connectivity index (χ0n) is 16.1. The van der Waals surface area contributed by atoms with Gasteiger partial charge in [-0.2, -0.15) is 0 Å². The molecule has 28 heavy (non-hydrogen) atoms. The highest BCUT2D eigenvalue weighted by molar-refractivity contribution is 7.89. The van der Waals surface area contributed by atoms with Gasteiger partial charge in [0.25, 0.3) is 0 Å². The van der Waals surface area contributed by atoms with E-state index in [1.165, 1.54) is 17.7 Å². The van der Waals surface area contributed by atoms with Crippen molar-refractivity contribution in [2.75, 3.05) is 26.2 Å². The van der Waals surface area contributed by atoms with E-state index in [9.17, 15) is 12.8 Å². The Morgan fingerprint density at radius 1 is 1.14 bits per heavy atom. The monoisotopic (exact) mass is 406 g/mol. The molecule has 0 spiro atoms. The summed E-state index contributed by atoms with van der Waals surface area (Å²) < 4.78 is 46.7. The predicted molar refractivity (Wildman–Crippen MR) is 107 cm³/mol. The van der Waals surface area contributed by atoms with Gasteiger partial charge < -0.3 is 4.74 Å². The van der Waals surface area contributed by atoms with Gasteiger partial charge in [0.05, 0.1) is 11.5 Å². The van der Waals surface area contributed by atoms with Gasteiger partial charge in [-0.25, -0.2) is 17.5 Å². The SMILES string of the molecule is CCOc1ccc(S(=O)(=O)NCC2CCN(Cc3ccccc3)CC2)cc1F. The van der Waals surface area contributed by atoms with Crippen molar-refractivity contribution < 1.29 is 17.5 Å². The van der Waals surface area contributed by atoms with E-state index in [0.29, 0.717) is 13.2 Å². The molecule has 0 bridgehead atoms. The molecule has 0 aliphatic carbocycles. The minimum Gasteiger partial charge on any atom is -0.491 e. The number of piperidine rings is 1. The van der Waals surface area contributed by atoms with Gasteiger partial charge in [-0.15, -0.1) is 0 Å². The molecule has 1 N–H and O–H groups in total. The lowest BCUT2D eigenvalue weighted by Gasteiger charge is -2.32. The molecule has 0 atom stereocenters.